The van der Waals surface area contributed by atoms with Gasteiger partial charge in [-0.15, -0.1) is 0 Å². The van der Waals surface area contributed by atoms with Gasteiger partial charge in [-0.2, -0.15) is 0 Å². The van der Waals surface area contributed by atoms with Gasteiger partial charge in [0.25, 0.3) is 0 Å². The Morgan fingerprint density at radius 2 is 1.83 bits per heavy atom. The number of anilines is 1. The molecule has 3 rings (SSSR count). The lowest BCUT2D eigenvalue weighted by Gasteiger charge is -2.19. The second-order valence-corrected chi connectivity index (χ2v) is 8.37. The van der Waals surface area contributed by atoms with Crippen LogP contribution in [0.4, 0.5) is 5.69 Å². The number of esters is 1. The highest BCUT2D eigenvalue weighted by Gasteiger charge is 2.47. The fourth-order valence-corrected chi connectivity index (χ4v) is 4.31. The molecule has 1 aliphatic carbocycles. The Labute approximate surface area is 178 Å². The smallest absolute Gasteiger partial charge is 0.340 e. The molecular weight excluding hydrogens is 440 g/mol. The highest BCUT2D eigenvalue weighted by atomic mass is 79.9. The molecule has 2 aliphatic rings. The van der Waals surface area contributed by atoms with E-state index in [1.165, 1.54) is 4.90 Å². The third kappa shape index (κ3) is 4.86. The number of amides is 3. The Hall–Kier alpha value is -2.22. The van der Waals surface area contributed by atoms with Crippen LogP contribution in [0.15, 0.2) is 22.7 Å². The first-order valence-corrected chi connectivity index (χ1v) is 10.8. The predicted molar refractivity (Wildman–Crippen MR) is 110 cm³/mol. The lowest BCUT2D eigenvalue weighted by molar-refractivity contribution is -0.140. The van der Waals surface area contributed by atoms with Gasteiger partial charge < -0.3 is 10.1 Å². The van der Waals surface area contributed by atoms with Gasteiger partial charge in [0, 0.05) is 17.4 Å². The summed E-state index contributed by atoms with van der Waals surface area (Å²) in [5.41, 5.74) is 0.590. The third-order valence-corrected chi connectivity index (χ3v) is 5.90. The molecule has 0 aromatic heterocycles. The van der Waals surface area contributed by atoms with E-state index in [0.717, 1.165) is 25.7 Å². The number of imide groups is 1. The van der Waals surface area contributed by atoms with Crippen LogP contribution < -0.4 is 5.32 Å². The second-order valence-electron chi connectivity index (χ2n) is 7.45. The number of carbonyl (C=O) groups excluding carboxylic acids is 4. The molecule has 0 radical (unpaired) electrons. The maximum Gasteiger partial charge on any atom is 0.340 e. The number of carbonyl (C=O) groups is 4. The van der Waals surface area contributed by atoms with Gasteiger partial charge in [0.05, 0.1) is 29.7 Å². The zero-order chi connectivity index (χ0) is 21.0. The molecule has 1 aromatic carbocycles. The molecule has 1 aliphatic heterocycles. The van der Waals surface area contributed by atoms with E-state index in [4.69, 9.17) is 4.74 Å². The number of nitrogens with one attached hydrogen (secondary N) is 1. The number of likely N-dealkylation sites (tertiary alicyclic amines) is 1. The maximum atomic E-state index is 12.5. The number of fused-ring (bicyclic) bond motifs is 1. The predicted octanol–water partition coefficient (Wildman–Crippen LogP) is 3.52. The quantitative estimate of drug-likeness (QED) is 0.492. The van der Waals surface area contributed by atoms with Crippen molar-refractivity contribution in [3.05, 3.63) is 28.2 Å². The summed E-state index contributed by atoms with van der Waals surface area (Å²) in [6.45, 7) is 2.25. The molecule has 156 valence electrons. The number of benzene rings is 1. The van der Waals surface area contributed by atoms with Crippen LogP contribution in [-0.4, -0.2) is 41.7 Å². The van der Waals surface area contributed by atoms with E-state index in [2.05, 4.69) is 21.2 Å². The van der Waals surface area contributed by atoms with E-state index in [-0.39, 0.29) is 48.1 Å². The molecule has 8 heteroatoms. The van der Waals surface area contributed by atoms with Crippen LogP contribution >= 0.6 is 15.9 Å². The minimum Gasteiger partial charge on any atom is -0.462 e. The van der Waals surface area contributed by atoms with Gasteiger partial charge in [-0.3, -0.25) is 19.3 Å². The van der Waals surface area contributed by atoms with Gasteiger partial charge in [0.15, 0.2) is 0 Å². The molecule has 7 nitrogen and oxygen atoms in total. The maximum absolute atomic E-state index is 12.5. The number of ether oxygens (including phenoxy) is 1. The summed E-state index contributed by atoms with van der Waals surface area (Å²) < 4.78 is 5.86. The number of hydrogen-bond donors (Lipinski definition) is 1. The molecular formula is C21H25BrN2O5. The molecule has 1 heterocycles. The van der Waals surface area contributed by atoms with Gasteiger partial charge in [0.1, 0.15) is 0 Å². The highest BCUT2D eigenvalue weighted by molar-refractivity contribution is 9.10. The van der Waals surface area contributed by atoms with Crippen molar-refractivity contribution < 1.29 is 23.9 Å². The van der Waals surface area contributed by atoms with Crippen molar-refractivity contribution in [2.75, 3.05) is 18.5 Å². The second kappa shape index (κ2) is 9.52. The SMILES string of the molecule is CCCOC(=O)c1cc(Br)ccc1NC(=O)CCN1C(=O)[C@H]2CCCC[C@@H]2C1=O. The molecule has 0 unspecified atom stereocenters. The van der Waals surface area contributed by atoms with Crippen molar-refractivity contribution in [2.45, 2.75) is 45.4 Å². The lowest BCUT2D eigenvalue weighted by Crippen LogP contribution is -2.34. The van der Waals surface area contributed by atoms with Crippen molar-refractivity contribution in [3.63, 3.8) is 0 Å². The van der Waals surface area contributed by atoms with Gasteiger partial charge in [0.2, 0.25) is 17.7 Å². The summed E-state index contributed by atoms with van der Waals surface area (Å²) in [4.78, 5) is 51.0. The largest absolute Gasteiger partial charge is 0.462 e. The highest BCUT2D eigenvalue weighted by Crippen LogP contribution is 2.38. The minimum atomic E-state index is -0.516. The van der Waals surface area contributed by atoms with Gasteiger partial charge in [-0.05, 0) is 37.5 Å². The molecule has 3 amide bonds. The Kier molecular flexibility index (Phi) is 7.05. The molecule has 1 saturated heterocycles. The van der Waals surface area contributed by atoms with E-state index >= 15 is 0 Å². The Morgan fingerprint density at radius 3 is 2.45 bits per heavy atom. The summed E-state index contributed by atoms with van der Waals surface area (Å²) in [6, 6.07) is 4.92. The summed E-state index contributed by atoms with van der Waals surface area (Å²) >= 11 is 3.32. The van der Waals surface area contributed by atoms with Crippen molar-refractivity contribution in [2.24, 2.45) is 11.8 Å². The molecule has 0 spiro atoms. The Bertz CT molecular complexity index is 801. The van der Waals surface area contributed by atoms with Gasteiger partial charge in [-0.1, -0.05) is 35.7 Å². The monoisotopic (exact) mass is 464 g/mol. The normalized spacial score (nSPS) is 21.1. The van der Waals surface area contributed by atoms with Crippen molar-refractivity contribution >= 4 is 45.3 Å². The molecule has 1 N–H and O–H groups in total. The number of hydrogen-bond acceptors (Lipinski definition) is 5. The molecule has 2 atom stereocenters. The number of rotatable bonds is 7. The van der Waals surface area contributed by atoms with E-state index in [0.29, 0.717) is 23.2 Å². The van der Waals surface area contributed by atoms with E-state index in [1.807, 2.05) is 6.92 Å². The fraction of sp³-hybridized carbons (Fsp3) is 0.524. The lowest BCUT2D eigenvalue weighted by atomic mass is 9.81. The standard InChI is InChI=1S/C21H25BrN2O5/c1-2-11-29-21(28)16-12-13(22)7-8-17(16)23-18(25)9-10-24-19(26)14-5-3-4-6-15(14)20(24)27/h7-8,12,14-15H,2-6,9-11H2,1H3,(H,23,25)/t14-,15-/m0/s1. The van der Waals surface area contributed by atoms with Crippen LogP contribution in [0.3, 0.4) is 0 Å². The molecule has 1 aromatic rings. The van der Waals surface area contributed by atoms with Crippen LogP contribution in [0.25, 0.3) is 0 Å². The zero-order valence-corrected chi connectivity index (χ0v) is 18.0. The van der Waals surface area contributed by atoms with Crippen LogP contribution in [0, 0.1) is 11.8 Å². The first-order chi connectivity index (χ1) is 13.9. The van der Waals surface area contributed by atoms with Crippen molar-refractivity contribution in [3.8, 4) is 0 Å². The molecule has 29 heavy (non-hydrogen) atoms. The van der Waals surface area contributed by atoms with E-state index < -0.39 is 5.97 Å². The van der Waals surface area contributed by atoms with Gasteiger partial charge in [-0.25, -0.2) is 4.79 Å². The number of halogens is 1. The zero-order valence-electron chi connectivity index (χ0n) is 16.4. The van der Waals surface area contributed by atoms with Crippen LogP contribution in [0.5, 0.6) is 0 Å². The summed E-state index contributed by atoms with van der Waals surface area (Å²) in [5.74, 6) is -1.62. The fourth-order valence-electron chi connectivity index (χ4n) is 3.94. The van der Waals surface area contributed by atoms with Crippen molar-refractivity contribution in [1.82, 2.24) is 4.90 Å². The average molecular weight is 465 g/mol. The molecule has 0 bridgehead atoms. The summed E-state index contributed by atoms with van der Waals surface area (Å²) in [7, 11) is 0. The Balaban J connectivity index is 1.62. The summed E-state index contributed by atoms with van der Waals surface area (Å²) in [5, 5.41) is 2.70. The van der Waals surface area contributed by atoms with Crippen LogP contribution in [0.2, 0.25) is 0 Å². The van der Waals surface area contributed by atoms with Crippen LogP contribution in [-0.2, 0) is 19.1 Å². The first-order valence-electron chi connectivity index (χ1n) is 10.0. The molecule has 2 fully saturated rings. The van der Waals surface area contributed by atoms with E-state index in [9.17, 15) is 19.2 Å². The van der Waals surface area contributed by atoms with Crippen LogP contribution in [0.1, 0.15) is 55.8 Å². The first kappa shape index (κ1) is 21.5. The average Bonchev–Trinajstić information content (AvgIpc) is 2.96. The Morgan fingerprint density at radius 1 is 1.17 bits per heavy atom. The van der Waals surface area contributed by atoms with Gasteiger partial charge >= 0.3 is 5.97 Å². The topological polar surface area (TPSA) is 92.8 Å². The number of nitrogens with zero attached hydrogens (tertiary/aromatic N) is 1. The summed E-state index contributed by atoms with van der Waals surface area (Å²) in [6.07, 6.45) is 4.11. The molecule has 1 saturated carbocycles. The minimum absolute atomic E-state index is 0.0174. The third-order valence-electron chi connectivity index (χ3n) is 5.41. The van der Waals surface area contributed by atoms with Crippen molar-refractivity contribution in [1.29, 1.82) is 0 Å². The van der Waals surface area contributed by atoms with E-state index in [1.54, 1.807) is 18.2 Å².